The van der Waals surface area contributed by atoms with Crippen molar-refractivity contribution in [2.75, 3.05) is 0 Å². The first-order valence-electron chi connectivity index (χ1n) is 13.6. The number of hydrogen-bond donors (Lipinski definition) is 6. The second-order valence-corrected chi connectivity index (χ2v) is 14.3. The SMILES string of the molecule is O=[NH+]c1c(O)ccc2cc(S(=O)(=O)[O-])ccc12.O=[NH+]c1c(O)ccc2cc(S(=O)(=O)[O-])ccc12.O=[NH+]c1c(O)ccc2cc(S(=O)(=O)[O-])ccc12.[Fe]. The van der Waals surface area contributed by atoms with Crippen LogP contribution in [0.2, 0.25) is 0 Å². The second kappa shape index (κ2) is 15.8. The van der Waals surface area contributed by atoms with E-state index in [-0.39, 0.29) is 66.1 Å². The van der Waals surface area contributed by atoms with Gasteiger partial charge < -0.3 is 29.0 Å². The first-order chi connectivity index (χ1) is 23.8. The first kappa shape index (κ1) is 41.0. The molecular weight excluding hydrogens is 794 g/mol. The van der Waals surface area contributed by atoms with Gasteiger partial charge in [-0.05, 0) is 89.0 Å². The minimum Gasteiger partial charge on any atom is -0.744 e. The van der Waals surface area contributed by atoms with E-state index in [0.717, 1.165) is 36.4 Å². The van der Waals surface area contributed by atoms with Crippen LogP contribution in [0.15, 0.2) is 106 Å². The van der Waals surface area contributed by atoms with E-state index in [0.29, 0.717) is 32.3 Å². The number of hydrogen-bond acceptors (Lipinski definition) is 15. The molecule has 0 aromatic heterocycles. The Bertz CT molecular complexity index is 2430. The summed E-state index contributed by atoms with van der Waals surface area (Å²) < 4.78 is 97.3. The predicted molar refractivity (Wildman–Crippen MR) is 173 cm³/mol. The average Bonchev–Trinajstić information content (AvgIpc) is 3.07. The summed E-state index contributed by atoms with van der Waals surface area (Å²) in [5, 5.41) is 35.0. The van der Waals surface area contributed by atoms with Gasteiger partial charge in [-0.25, -0.2) is 25.3 Å². The van der Waals surface area contributed by atoms with Crippen LogP contribution in [0.1, 0.15) is 0 Å². The maximum absolute atomic E-state index is 10.8. The van der Waals surface area contributed by atoms with Gasteiger partial charge in [0.25, 0.3) is 0 Å². The van der Waals surface area contributed by atoms with Gasteiger partial charge in [-0.3, -0.25) is 0 Å². The van der Waals surface area contributed by atoms with Gasteiger partial charge in [-0.1, -0.05) is 18.2 Å². The predicted octanol–water partition coefficient (Wildman–Crippen LogP) is -0.218. The van der Waals surface area contributed by atoms with Crippen LogP contribution in [0.4, 0.5) is 17.1 Å². The fourth-order valence-corrected chi connectivity index (χ4v) is 6.20. The minimum atomic E-state index is -4.54. The molecule has 0 aliphatic carbocycles. The minimum absolute atomic E-state index is 0. The summed E-state index contributed by atoms with van der Waals surface area (Å²) >= 11 is 0. The summed E-state index contributed by atoms with van der Waals surface area (Å²) in [6, 6.07) is 18.6. The van der Waals surface area contributed by atoms with Crippen LogP contribution in [0.25, 0.3) is 32.3 Å². The number of aromatic hydroxyl groups is 3. The van der Waals surface area contributed by atoms with Crippen LogP contribution < -0.4 is 15.5 Å². The van der Waals surface area contributed by atoms with Crippen molar-refractivity contribution in [3.8, 4) is 17.2 Å². The molecule has 0 saturated carbocycles. The van der Waals surface area contributed by atoms with Gasteiger partial charge in [0.05, 0.1) is 30.8 Å². The molecule has 0 heterocycles. The van der Waals surface area contributed by atoms with E-state index in [1.807, 2.05) is 0 Å². The molecule has 6 aromatic rings. The monoisotopic (exact) mass is 815 g/mol. The van der Waals surface area contributed by atoms with Crippen LogP contribution >= 0.6 is 0 Å². The molecule has 0 aliphatic rings. The van der Waals surface area contributed by atoms with E-state index < -0.39 is 30.4 Å². The van der Waals surface area contributed by atoms with Crippen molar-refractivity contribution >= 4 is 79.7 Å². The Morgan fingerprint density at radius 2 is 0.635 bits per heavy atom. The number of fused-ring (bicyclic) bond motifs is 3. The zero-order valence-corrected chi connectivity index (χ0v) is 29.0. The number of phenols is 3. The first-order valence-corrected chi connectivity index (χ1v) is 17.8. The quantitative estimate of drug-likeness (QED) is 0.0719. The average molecular weight is 816 g/mol. The molecule has 6 rings (SSSR count). The molecule has 0 bridgehead atoms. The van der Waals surface area contributed by atoms with Gasteiger partial charge in [0.1, 0.15) is 30.4 Å². The van der Waals surface area contributed by atoms with E-state index in [4.69, 9.17) is 0 Å². The summed E-state index contributed by atoms with van der Waals surface area (Å²) in [7, 11) is -13.6. The van der Waals surface area contributed by atoms with Gasteiger partial charge >= 0.3 is 17.1 Å². The molecule has 0 amide bonds. The van der Waals surface area contributed by atoms with Gasteiger partial charge in [0.15, 0.2) is 17.2 Å². The fraction of sp³-hybridized carbons (Fsp3) is 0. The van der Waals surface area contributed by atoms with E-state index in [9.17, 15) is 69.0 Å². The molecule has 272 valence electrons. The molecule has 0 aliphatic heterocycles. The molecular formula is C30H21FeN3O15S3. The van der Waals surface area contributed by atoms with Crippen molar-refractivity contribution in [1.29, 1.82) is 0 Å². The molecule has 0 unspecified atom stereocenters. The summed E-state index contributed by atoms with van der Waals surface area (Å²) in [6.45, 7) is 0. The number of phenolic OH excluding ortho intramolecular Hbond substituents is 3. The van der Waals surface area contributed by atoms with E-state index in [1.165, 1.54) is 54.6 Å². The number of benzene rings is 6. The topological polar surface area (TPSA) is 325 Å². The second-order valence-electron chi connectivity index (χ2n) is 10.2. The normalized spacial score (nSPS) is 11.4. The van der Waals surface area contributed by atoms with Gasteiger partial charge in [0, 0.05) is 47.3 Å². The largest absolute Gasteiger partial charge is 0.744 e. The summed E-state index contributed by atoms with van der Waals surface area (Å²) in [4.78, 5) is 30.8. The third-order valence-electron chi connectivity index (χ3n) is 7.08. The Morgan fingerprint density at radius 3 is 0.827 bits per heavy atom. The van der Waals surface area contributed by atoms with Crippen LogP contribution in [0.5, 0.6) is 17.2 Å². The van der Waals surface area contributed by atoms with E-state index in [2.05, 4.69) is 0 Å². The molecule has 0 saturated heterocycles. The fourth-order valence-electron chi connectivity index (χ4n) is 4.68. The number of rotatable bonds is 6. The van der Waals surface area contributed by atoms with Crippen LogP contribution in [-0.2, 0) is 47.4 Å². The van der Waals surface area contributed by atoms with Crippen molar-refractivity contribution in [2.45, 2.75) is 14.7 Å². The van der Waals surface area contributed by atoms with Crippen molar-refractivity contribution in [3.63, 3.8) is 0 Å². The Labute approximate surface area is 303 Å². The van der Waals surface area contributed by atoms with Crippen molar-refractivity contribution in [1.82, 2.24) is 0 Å². The maximum Gasteiger partial charge on any atom is 0.302 e. The van der Waals surface area contributed by atoms with Crippen LogP contribution in [-0.4, -0.2) is 54.2 Å². The third kappa shape index (κ3) is 9.06. The third-order valence-corrected chi connectivity index (χ3v) is 9.57. The van der Waals surface area contributed by atoms with E-state index in [1.54, 1.807) is 15.5 Å². The van der Waals surface area contributed by atoms with Crippen molar-refractivity contribution in [3.05, 3.63) is 106 Å². The molecule has 52 heavy (non-hydrogen) atoms. The molecule has 0 spiro atoms. The Morgan fingerprint density at radius 1 is 0.404 bits per heavy atom. The van der Waals surface area contributed by atoms with Crippen LogP contribution in [0.3, 0.4) is 0 Å². The number of nitroso groups, excluding NO2 is 3. The molecule has 0 fully saturated rings. The van der Waals surface area contributed by atoms with Gasteiger partial charge in [0.2, 0.25) is 0 Å². The van der Waals surface area contributed by atoms with Gasteiger partial charge in [-0.2, -0.15) is 0 Å². The Balaban J connectivity index is 0.000000208. The zero-order chi connectivity index (χ0) is 37.9. The zero-order valence-electron chi connectivity index (χ0n) is 25.5. The maximum atomic E-state index is 10.8. The molecule has 0 radical (unpaired) electrons. The summed E-state index contributed by atoms with van der Waals surface area (Å²) in [5.74, 6) is -0.735. The summed E-state index contributed by atoms with van der Waals surface area (Å²) in [6.07, 6.45) is 0. The molecule has 6 aromatic carbocycles. The van der Waals surface area contributed by atoms with Crippen molar-refractivity contribution < 1.29 is 86.8 Å². The van der Waals surface area contributed by atoms with Gasteiger partial charge in [-0.15, -0.1) is 0 Å². The van der Waals surface area contributed by atoms with Crippen molar-refractivity contribution in [2.24, 2.45) is 0 Å². The van der Waals surface area contributed by atoms with Crippen LogP contribution in [0, 0.1) is 14.7 Å². The molecule has 18 nitrogen and oxygen atoms in total. The Kier molecular flexibility index (Phi) is 12.5. The number of nitrogens with one attached hydrogen (secondary N) is 3. The summed E-state index contributed by atoms with van der Waals surface area (Å²) in [5.41, 5.74) is -0.174. The molecule has 22 heteroatoms. The van der Waals surface area contributed by atoms with E-state index >= 15 is 0 Å². The standard InChI is InChI=1S/3C10H7NO5S.Fe/c3*12-9-4-1-6-5-7(17(14,15)16)2-3-8(6)10(9)11-13;/h3*1-5,12H,(H,14,15,16);. The molecule has 6 N–H and O–H groups in total. The smallest absolute Gasteiger partial charge is 0.302 e. The molecule has 0 atom stereocenters. The Hall–Kier alpha value is -5.45.